The Morgan fingerprint density at radius 2 is 1.65 bits per heavy atom. The Hall–Kier alpha value is -3.24. The topological polar surface area (TPSA) is 62.2 Å². The van der Waals surface area contributed by atoms with Gasteiger partial charge < -0.3 is 10.4 Å². The van der Waals surface area contributed by atoms with Gasteiger partial charge in [-0.25, -0.2) is 0 Å². The predicted octanol–water partition coefficient (Wildman–Crippen LogP) is 3.85. The summed E-state index contributed by atoms with van der Waals surface area (Å²) in [6.45, 7) is 0.127. The van der Waals surface area contributed by atoms with Gasteiger partial charge in [0.2, 0.25) is 0 Å². The summed E-state index contributed by atoms with van der Waals surface area (Å²) in [6, 6.07) is 23.3. The first-order chi connectivity index (χ1) is 12.7. The minimum Gasteiger partial charge on any atom is -0.387 e. The lowest BCUT2D eigenvalue weighted by atomic mass is 10.0. The van der Waals surface area contributed by atoms with Crippen molar-refractivity contribution in [2.75, 3.05) is 6.54 Å². The van der Waals surface area contributed by atoms with Crippen LogP contribution in [0, 0.1) is 0 Å². The fraction of sp³-hybridized carbons (Fsp3) is 0.0909. The van der Waals surface area contributed by atoms with E-state index >= 15 is 0 Å². The Kier molecular flexibility index (Phi) is 4.33. The minimum atomic E-state index is -0.779. The molecule has 0 bridgehead atoms. The number of pyridine rings is 1. The quantitative estimate of drug-likeness (QED) is 0.592. The zero-order valence-corrected chi connectivity index (χ0v) is 14.1. The predicted molar refractivity (Wildman–Crippen MR) is 103 cm³/mol. The standard InChI is InChI=1S/C22H18N2O2/c25-20(18-10-9-15-5-1-2-7-17(15)13-18)14-24-22(26)21-19-8-4-3-6-16(19)11-12-23-21/h1-13,20,25H,14H2,(H,24,26)/t20-/m0/s1. The van der Waals surface area contributed by atoms with Crippen LogP contribution < -0.4 is 5.32 Å². The fourth-order valence-corrected chi connectivity index (χ4v) is 3.11. The largest absolute Gasteiger partial charge is 0.387 e. The Balaban J connectivity index is 1.51. The molecule has 1 atom stereocenters. The molecule has 4 nitrogen and oxygen atoms in total. The molecular weight excluding hydrogens is 324 g/mol. The third-order valence-corrected chi connectivity index (χ3v) is 4.50. The molecule has 1 heterocycles. The van der Waals surface area contributed by atoms with Crippen molar-refractivity contribution in [1.29, 1.82) is 0 Å². The van der Waals surface area contributed by atoms with Crippen LogP contribution in [0.4, 0.5) is 0 Å². The van der Waals surface area contributed by atoms with Crippen molar-refractivity contribution in [3.05, 3.63) is 90.3 Å². The first-order valence-electron chi connectivity index (χ1n) is 8.51. The zero-order chi connectivity index (χ0) is 17.9. The van der Waals surface area contributed by atoms with Crippen LogP contribution >= 0.6 is 0 Å². The fourth-order valence-electron chi connectivity index (χ4n) is 3.11. The van der Waals surface area contributed by atoms with Gasteiger partial charge in [0.25, 0.3) is 5.91 Å². The number of rotatable bonds is 4. The van der Waals surface area contributed by atoms with E-state index in [4.69, 9.17) is 0 Å². The number of fused-ring (bicyclic) bond motifs is 2. The Labute approximate surface area is 151 Å². The van der Waals surface area contributed by atoms with Crippen LogP contribution in [0.15, 0.2) is 79.0 Å². The summed E-state index contributed by atoms with van der Waals surface area (Å²) in [6.07, 6.45) is 0.843. The van der Waals surface area contributed by atoms with Gasteiger partial charge in [-0.05, 0) is 33.9 Å². The Bertz CT molecular complexity index is 1090. The van der Waals surface area contributed by atoms with Gasteiger partial charge in [-0.15, -0.1) is 0 Å². The lowest BCUT2D eigenvalue weighted by Gasteiger charge is -2.13. The molecule has 0 aliphatic rings. The second-order valence-electron chi connectivity index (χ2n) is 6.21. The number of aliphatic hydroxyl groups is 1. The molecular formula is C22H18N2O2. The highest BCUT2D eigenvalue weighted by atomic mass is 16.3. The molecule has 3 aromatic carbocycles. The molecule has 0 aliphatic heterocycles. The minimum absolute atomic E-state index is 0.127. The highest BCUT2D eigenvalue weighted by molar-refractivity contribution is 6.05. The van der Waals surface area contributed by atoms with Gasteiger partial charge in [-0.2, -0.15) is 0 Å². The maximum absolute atomic E-state index is 12.5. The zero-order valence-electron chi connectivity index (χ0n) is 14.1. The molecule has 26 heavy (non-hydrogen) atoms. The summed E-state index contributed by atoms with van der Waals surface area (Å²) >= 11 is 0. The van der Waals surface area contributed by atoms with Gasteiger partial charge >= 0.3 is 0 Å². The average molecular weight is 342 g/mol. The smallest absolute Gasteiger partial charge is 0.270 e. The van der Waals surface area contributed by atoms with Crippen LogP contribution in [0.25, 0.3) is 21.5 Å². The molecule has 0 radical (unpaired) electrons. The third kappa shape index (κ3) is 3.15. The summed E-state index contributed by atoms with van der Waals surface area (Å²) in [7, 11) is 0. The SMILES string of the molecule is O=C(NC[C@H](O)c1ccc2ccccc2c1)c1nccc2ccccc12. The van der Waals surface area contributed by atoms with Gasteiger partial charge in [0.15, 0.2) is 0 Å². The van der Waals surface area contributed by atoms with Crippen LogP contribution in [0.2, 0.25) is 0 Å². The van der Waals surface area contributed by atoms with Crippen molar-refractivity contribution < 1.29 is 9.90 Å². The van der Waals surface area contributed by atoms with E-state index in [0.29, 0.717) is 5.69 Å². The molecule has 4 heteroatoms. The van der Waals surface area contributed by atoms with Crippen LogP contribution in [0.1, 0.15) is 22.2 Å². The number of nitrogens with one attached hydrogen (secondary N) is 1. The van der Waals surface area contributed by atoms with Gasteiger partial charge in [0.1, 0.15) is 5.69 Å². The Morgan fingerprint density at radius 3 is 2.50 bits per heavy atom. The lowest BCUT2D eigenvalue weighted by molar-refractivity contribution is 0.0913. The number of carbonyl (C=O) groups excluding carboxylic acids is 1. The first-order valence-corrected chi connectivity index (χ1v) is 8.51. The summed E-state index contributed by atoms with van der Waals surface area (Å²) in [5.74, 6) is -0.290. The number of nitrogens with zero attached hydrogens (tertiary/aromatic N) is 1. The summed E-state index contributed by atoms with van der Waals surface area (Å²) < 4.78 is 0. The van der Waals surface area contributed by atoms with E-state index in [9.17, 15) is 9.90 Å². The summed E-state index contributed by atoms with van der Waals surface area (Å²) in [5.41, 5.74) is 1.14. The molecule has 4 rings (SSSR count). The van der Waals surface area contributed by atoms with E-state index < -0.39 is 6.10 Å². The van der Waals surface area contributed by atoms with E-state index in [-0.39, 0.29) is 12.5 Å². The highest BCUT2D eigenvalue weighted by Gasteiger charge is 2.14. The monoisotopic (exact) mass is 342 g/mol. The van der Waals surface area contributed by atoms with Crippen molar-refractivity contribution in [2.45, 2.75) is 6.10 Å². The van der Waals surface area contributed by atoms with Crippen molar-refractivity contribution in [3.63, 3.8) is 0 Å². The summed E-state index contributed by atoms with van der Waals surface area (Å²) in [4.78, 5) is 16.7. The van der Waals surface area contributed by atoms with Gasteiger partial charge in [0, 0.05) is 18.1 Å². The molecule has 0 unspecified atom stereocenters. The normalized spacial score (nSPS) is 12.2. The molecule has 1 aromatic heterocycles. The number of carbonyl (C=O) groups is 1. The van der Waals surface area contributed by atoms with E-state index in [1.54, 1.807) is 6.20 Å². The van der Waals surface area contributed by atoms with Gasteiger partial charge in [-0.3, -0.25) is 9.78 Å². The van der Waals surface area contributed by atoms with Crippen LogP contribution in [-0.2, 0) is 0 Å². The molecule has 0 spiro atoms. The number of hydrogen-bond donors (Lipinski definition) is 2. The molecule has 0 fully saturated rings. The van der Waals surface area contributed by atoms with E-state index in [2.05, 4.69) is 10.3 Å². The van der Waals surface area contributed by atoms with Crippen LogP contribution in [0.3, 0.4) is 0 Å². The number of aliphatic hydroxyl groups excluding tert-OH is 1. The average Bonchev–Trinajstić information content (AvgIpc) is 2.71. The molecule has 0 saturated carbocycles. The third-order valence-electron chi connectivity index (χ3n) is 4.50. The van der Waals surface area contributed by atoms with Crippen molar-refractivity contribution in [3.8, 4) is 0 Å². The van der Waals surface area contributed by atoms with Gasteiger partial charge in [-0.1, -0.05) is 60.7 Å². The summed E-state index contributed by atoms with van der Waals surface area (Å²) in [5, 5.41) is 17.2. The van der Waals surface area contributed by atoms with Crippen molar-refractivity contribution in [2.24, 2.45) is 0 Å². The maximum Gasteiger partial charge on any atom is 0.270 e. The van der Waals surface area contributed by atoms with Crippen LogP contribution in [-0.4, -0.2) is 22.5 Å². The molecule has 128 valence electrons. The molecule has 0 saturated heterocycles. The van der Waals surface area contributed by atoms with Crippen molar-refractivity contribution >= 4 is 27.5 Å². The lowest BCUT2D eigenvalue weighted by Crippen LogP contribution is -2.29. The van der Waals surface area contributed by atoms with E-state index in [1.165, 1.54) is 0 Å². The van der Waals surface area contributed by atoms with E-state index in [0.717, 1.165) is 27.1 Å². The molecule has 1 amide bonds. The number of benzene rings is 3. The molecule has 4 aromatic rings. The van der Waals surface area contributed by atoms with Crippen molar-refractivity contribution in [1.82, 2.24) is 10.3 Å². The molecule has 0 aliphatic carbocycles. The van der Waals surface area contributed by atoms with Crippen LogP contribution in [0.5, 0.6) is 0 Å². The number of amides is 1. The first kappa shape index (κ1) is 16.2. The maximum atomic E-state index is 12.5. The van der Waals surface area contributed by atoms with E-state index in [1.807, 2.05) is 72.8 Å². The highest BCUT2D eigenvalue weighted by Crippen LogP contribution is 2.20. The van der Waals surface area contributed by atoms with Gasteiger partial charge in [0.05, 0.1) is 6.10 Å². The number of aromatic nitrogens is 1. The second kappa shape index (κ2) is 6.94. The number of hydrogen-bond acceptors (Lipinski definition) is 3. The second-order valence-corrected chi connectivity index (χ2v) is 6.21. The Morgan fingerprint density at radius 1 is 0.923 bits per heavy atom. The molecule has 2 N–H and O–H groups in total.